The SMILES string of the molecule is O=C(Nc1ccc(N2C(=O)CCC2=O)cc1)c1cnc2ccoc2c1. The van der Waals surface area contributed by atoms with E-state index in [1.807, 2.05) is 0 Å². The monoisotopic (exact) mass is 335 g/mol. The van der Waals surface area contributed by atoms with Crippen LogP contribution in [-0.4, -0.2) is 22.7 Å². The highest BCUT2D eigenvalue weighted by atomic mass is 16.3. The van der Waals surface area contributed by atoms with Gasteiger partial charge in [0.15, 0.2) is 5.58 Å². The fourth-order valence-electron chi connectivity index (χ4n) is 2.73. The van der Waals surface area contributed by atoms with Crippen molar-refractivity contribution in [2.75, 3.05) is 10.2 Å². The second-order valence-corrected chi connectivity index (χ2v) is 5.65. The van der Waals surface area contributed by atoms with Crippen molar-refractivity contribution in [1.29, 1.82) is 0 Å². The Labute approximate surface area is 142 Å². The molecule has 4 rings (SSSR count). The van der Waals surface area contributed by atoms with Gasteiger partial charge in [-0.05, 0) is 30.3 Å². The average Bonchev–Trinajstić information content (AvgIpc) is 3.21. The molecule has 124 valence electrons. The van der Waals surface area contributed by atoms with E-state index in [4.69, 9.17) is 4.42 Å². The van der Waals surface area contributed by atoms with E-state index in [9.17, 15) is 14.4 Å². The summed E-state index contributed by atoms with van der Waals surface area (Å²) in [6.07, 6.45) is 3.46. The maximum absolute atomic E-state index is 12.3. The smallest absolute Gasteiger partial charge is 0.257 e. The molecule has 0 bridgehead atoms. The van der Waals surface area contributed by atoms with Gasteiger partial charge in [0.25, 0.3) is 5.91 Å². The van der Waals surface area contributed by atoms with E-state index in [0.29, 0.717) is 28.0 Å². The van der Waals surface area contributed by atoms with E-state index in [0.717, 1.165) is 0 Å². The molecule has 0 spiro atoms. The number of fused-ring (bicyclic) bond motifs is 1. The molecule has 0 saturated carbocycles. The summed E-state index contributed by atoms with van der Waals surface area (Å²) in [6, 6.07) is 9.88. The van der Waals surface area contributed by atoms with Gasteiger partial charge in [0.1, 0.15) is 5.52 Å². The second-order valence-electron chi connectivity index (χ2n) is 5.65. The number of aromatic nitrogens is 1. The number of anilines is 2. The van der Waals surface area contributed by atoms with Crippen LogP contribution in [0, 0.1) is 0 Å². The molecule has 0 atom stereocenters. The molecule has 3 aromatic rings. The predicted molar refractivity (Wildman–Crippen MR) is 90.1 cm³/mol. The van der Waals surface area contributed by atoms with Crippen molar-refractivity contribution >= 4 is 40.2 Å². The molecule has 3 heterocycles. The third kappa shape index (κ3) is 2.76. The van der Waals surface area contributed by atoms with Crippen molar-refractivity contribution in [3.05, 3.63) is 54.4 Å². The molecule has 7 nitrogen and oxygen atoms in total. The molecule has 1 aliphatic heterocycles. The van der Waals surface area contributed by atoms with Crippen LogP contribution < -0.4 is 10.2 Å². The number of furan rings is 1. The lowest BCUT2D eigenvalue weighted by Gasteiger charge is -2.14. The van der Waals surface area contributed by atoms with Crippen LogP contribution in [-0.2, 0) is 9.59 Å². The van der Waals surface area contributed by atoms with Gasteiger partial charge < -0.3 is 9.73 Å². The highest BCUT2D eigenvalue weighted by molar-refractivity contribution is 6.19. The Hall–Kier alpha value is -3.48. The van der Waals surface area contributed by atoms with Gasteiger partial charge in [-0.3, -0.25) is 24.3 Å². The third-order valence-corrected chi connectivity index (χ3v) is 4.00. The van der Waals surface area contributed by atoms with Crippen LogP contribution in [0.5, 0.6) is 0 Å². The average molecular weight is 335 g/mol. The normalized spacial score (nSPS) is 14.3. The largest absolute Gasteiger partial charge is 0.463 e. The van der Waals surface area contributed by atoms with E-state index >= 15 is 0 Å². The number of rotatable bonds is 3. The number of nitrogens with one attached hydrogen (secondary N) is 1. The van der Waals surface area contributed by atoms with Crippen molar-refractivity contribution < 1.29 is 18.8 Å². The molecular weight excluding hydrogens is 322 g/mol. The van der Waals surface area contributed by atoms with E-state index < -0.39 is 0 Å². The van der Waals surface area contributed by atoms with Crippen molar-refractivity contribution in [2.24, 2.45) is 0 Å². The van der Waals surface area contributed by atoms with E-state index in [1.165, 1.54) is 17.4 Å². The van der Waals surface area contributed by atoms with Crippen LogP contribution >= 0.6 is 0 Å². The quantitative estimate of drug-likeness (QED) is 0.743. The summed E-state index contributed by atoms with van der Waals surface area (Å²) in [5.74, 6) is -0.744. The van der Waals surface area contributed by atoms with Crippen LogP contribution in [0.4, 0.5) is 11.4 Å². The van der Waals surface area contributed by atoms with E-state index in [1.54, 1.807) is 36.4 Å². The van der Waals surface area contributed by atoms with Gasteiger partial charge in [-0.25, -0.2) is 0 Å². The molecule has 2 aromatic heterocycles. The number of benzene rings is 1. The maximum Gasteiger partial charge on any atom is 0.257 e. The number of pyridine rings is 1. The highest BCUT2D eigenvalue weighted by Crippen LogP contribution is 2.24. The van der Waals surface area contributed by atoms with E-state index in [-0.39, 0.29) is 30.6 Å². The summed E-state index contributed by atoms with van der Waals surface area (Å²) in [4.78, 5) is 41.1. The maximum atomic E-state index is 12.3. The number of amides is 3. The number of hydrogen-bond donors (Lipinski definition) is 1. The lowest BCUT2D eigenvalue weighted by Crippen LogP contribution is -2.28. The zero-order valence-corrected chi connectivity index (χ0v) is 13.1. The first-order valence-electron chi connectivity index (χ1n) is 7.72. The molecule has 0 unspecified atom stereocenters. The molecule has 25 heavy (non-hydrogen) atoms. The molecule has 0 aliphatic carbocycles. The van der Waals surface area contributed by atoms with Crippen molar-refractivity contribution in [2.45, 2.75) is 12.8 Å². The standard InChI is InChI=1S/C18H13N3O4/c22-16-5-6-17(23)21(16)13-3-1-12(2-4-13)20-18(24)11-9-15-14(19-10-11)7-8-25-15/h1-4,7-10H,5-6H2,(H,20,24). The Balaban J connectivity index is 1.51. The first-order chi connectivity index (χ1) is 12.1. The van der Waals surface area contributed by atoms with Gasteiger partial charge in [-0.1, -0.05) is 0 Å². The summed E-state index contributed by atoms with van der Waals surface area (Å²) in [5, 5.41) is 2.75. The molecule has 1 N–H and O–H groups in total. The fourth-order valence-corrected chi connectivity index (χ4v) is 2.73. The van der Waals surface area contributed by atoms with Crippen LogP contribution in [0.2, 0.25) is 0 Å². The summed E-state index contributed by atoms with van der Waals surface area (Å²) in [6.45, 7) is 0. The molecule has 7 heteroatoms. The number of carbonyl (C=O) groups excluding carboxylic acids is 3. The van der Waals surface area contributed by atoms with Gasteiger partial charge >= 0.3 is 0 Å². The predicted octanol–water partition coefficient (Wildman–Crippen LogP) is 2.73. The molecule has 1 aliphatic rings. The minimum atomic E-state index is -0.327. The topological polar surface area (TPSA) is 92.5 Å². The number of imide groups is 1. The number of hydrogen-bond acceptors (Lipinski definition) is 5. The van der Waals surface area contributed by atoms with Crippen LogP contribution in [0.1, 0.15) is 23.2 Å². The zero-order chi connectivity index (χ0) is 17.4. The van der Waals surface area contributed by atoms with Crippen molar-refractivity contribution in [3.8, 4) is 0 Å². The molecule has 3 amide bonds. The number of nitrogens with zero attached hydrogens (tertiary/aromatic N) is 2. The van der Waals surface area contributed by atoms with Crippen LogP contribution in [0.25, 0.3) is 11.1 Å². The minimum Gasteiger partial charge on any atom is -0.463 e. The Kier molecular flexibility index (Phi) is 3.53. The lowest BCUT2D eigenvalue weighted by atomic mass is 10.2. The molecular formula is C18H13N3O4. The Morgan fingerprint density at radius 3 is 2.52 bits per heavy atom. The first-order valence-corrected chi connectivity index (χ1v) is 7.72. The summed E-state index contributed by atoms with van der Waals surface area (Å²) < 4.78 is 5.24. The molecule has 0 radical (unpaired) electrons. The summed E-state index contributed by atoms with van der Waals surface area (Å²) >= 11 is 0. The van der Waals surface area contributed by atoms with Gasteiger partial charge in [0, 0.05) is 30.8 Å². The molecule has 1 saturated heterocycles. The minimum absolute atomic E-state index is 0.209. The van der Waals surface area contributed by atoms with Crippen LogP contribution in [0.3, 0.4) is 0 Å². The molecule has 1 fully saturated rings. The molecule has 1 aromatic carbocycles. The summed E-state index contributed by atoms with van der Waals surface area (Å²) in [7, 11) is 0. The van der Waals surface area contributed by atoms with Gasteiger partial charge in [-0.15, -0.1) is 0 Å². The highest BCUT2D eigenvalue weighted by Gasteiger charge is 2.30. The van der Waals surface area contributed by atoms with Gasteiger partial charge in [-0.2, -0.15) is 0 Å². The van der Waals surface area contributed by atoms with Gasteiger partial charge in [0.2, 0.25) is 11.8 Å². The van der Waals surface area contributed by atoms with Crippen molar-refractivity contribution in [1.82, 2.24) is 4.98 Å². The Morgan fingerprint density at radius 2 is 1.80 bits per heavy atom. The second kappa shape index (κ2) is 5.86. The number of carbonyl (C=O) groups is 3. The fraction of sp³-hybridized carbons (Fsp3) is 0.111. The summed E-state index contributed by atoms with van der Waals surface area (Å²) in [5.41, 5.74) is 2.64. The zero-order valence-electron chi connectivity index (χ0n) is 13.1. The Bertz CT molecular complexity index is 975. The lowest BCUT2D eigenvalue weighted by molar-refractivity contribution is -0.121. The van der Waals surface area contributed by atoms with Crippen LogP contribution in [0.15, 0.2) is 53.3 Å². The third-order valence-electron chi connectivity index (χ3n) is 4.00. The first kappa shape index (κ1) is 15.1. The van der Waals surface area contributed by atoms with Crippen molar-refractivity contribution in [3.63, 3.8) is 0 Å². The van der Waals surface area contributed by atoms with E-state index in [2.05, 4.69) is 10.3 Å². The Morgan fingerprint density at radius 1 is 1.08 bits per heavy atom. The van der Waals surface area contributed by atoms with Gasteiger partial charge in [0.05, 0.1) is 17.5 Å².